The van der Waals surface area contributed by atoms with E-state index < -0.39 is 0 Å². The molecule has 0 aliphatic heterocycles. The maximum absolute atomic E-state index is 5.72. The first-order valence-electron chi connectivity index (χ1n) is 6.21. The minimum absolute atomic E-state index is 0.392. The van der Waals surface area contributed by atoms with E-state index in [1.807, 2.05) is 38.2 Å². The van der Waals surface area contributed by atoms with Crippen LogP contribution in [0.1, 0.15) is 16.9 Å². The molecule has 102 valence electrons. The number of methoxy groups -OCH3 is 1. The first kappa shape index (κ1) is 13.5. The number of furan rings is 1. The van der Waals surface area contributed by atoms with Crippen LogP contribution >= 0.6 is 0 Å². The van der Waals surface area contributed by atoms with E-state index in [0.29, 0.717) is 6.61 Å². The molecule has 2 rings (SSSR count). The Bertz CT molecular complexity index is 534. The van der Waals surface area contributed by atoms with Gasteiger partial charge in [0.05, 0.1) is 13.4 Å². The second-order valence-corrected chi connectivity index (χ2v) is 4.39. The van der Waals surface area contributed by atoms with Crippen LogP contribution in [0.2, 0.25) is 0 Å². The summed E-state index contributed by atoms with van der Waals surface area (Å²) in [4.78, 5) is 0. The lowest BCUT2D eigenvalue weighted by molar-refractivity contribution is 0.256. The van der Waals surface area contributed by atoms with E-state index in [0.717, 1.165) is 34.9 Å². The van der Waals surface area contributed by atoms with E-state index in [1.165, 1.54) is 0 Å². The Labute approximate surface area is 113 Å². The van der Waals surface area contributed by atoms with Gasteiger partial charge in [-0.05, 0) is 37.7 Å². The summed E-state index contributed by atoms with van der Waals surface area (Å²) in [5, 5.41) is 3.07. The summed E-state index contributed by atoms with van der Waals surface area (Å²) in [5.41, 5.74) is 2.25. The maximum atomic E-state index is 5.72. The summed E-state index contributed by atoms with van der Waals surface area (Å²) < 4.78 is 16.4. The molecule has 1 aromatic carbocycles. The van der Waals surface area contributed by atoms with Crippen molar-refractivity contribution in [2.75, 3.05) is 14.2 Å². The Morgan fingerprint density at radius 1 is 1.21 bits per heavy atom. The molecule has 0 fully saturated rings. The van der Waals surface area contributed by atoms with Gasteiger partial charge < -0.3 is 19.2 Å². The van der Waals surface area contributed by atoms with Crippen molar-refractivity contribution in [3.63, 3.8) is 0 Å². The predicted molar refractivity (Wildman–Crippen MR) is 73.5 cm³/mol. The zero-order valence-corrected chi connectivity index (χ0v) is 11.5. The van der Waals surface area contributed by atoms with Gasteiger partial charge in [-0.1, -0.05) is 6.07 Å². The molecule has 0 amide bonds. The van der Waals surface area contributed by atoms with E-state index in [9.17, 15) is 0 Å². The summed E-state index contributed by atoms with van der Waals surface area (Å²) in [6.45, 7) is 3.20. The van der Waals surface area contributed by atoms with Crippen LogP contribution in [-0.4, -0.2) is 14.2 Å². The average molecular weight is 261 g/mol. The fourth-order valence-electron chi connectivity index (χ4n) is 1.84. The lowest BCUT2D eigenvalue weighted by atomic mass is 10.2. The molecule has 4 nitrogen and oxygen atoms in total. The van der Waals surface area contributed by atoms with Gasteiger partial charge in [-0.25, -0.2) is 0 Å². The molecule has 0 aliphatic carbocycles. The topological polar surface area (TPSA) is 43.6 Å². The fourth-order valence-corrected chi connectivity index (χ4v) is 1.84. The third kappa shape index (κ3) is 3.51. The SMILES string of the molecule is CNCc1coc(COc2ccc(C)cc2OC)c1. The smallest absolute Gasteiger partial charge is 0.161 e. The minimum Gasteiger partial charge on any atom is -0.493 e. The van der Waals surface area contributed by atoms with Crippen LogP contribution in [0.15, 0.2) is 34.9 Å². The molecular formula is C15H19NO3. The molecule has 0 atom stereocenters. The zero-order valence-electron chi connectivity index (χ0n) is 11.5. The highest BCUT2D eigenvalue weighted by atomic mass is 16.5. The molecule has 1 aromatic heterocycles. The molecule has 0 bridgehead atoms. The number of hydrogen-bond acceptors (Lipinski definition) is 4. The van der Waals surface area contributed by atoms with Gasteiger partial charge in [0.25, 0.3) is 0 Å². The van der Waals surface area contributed by atoms with Crippen molar-refractivity contribution in [3.05, 3.63) is 47.4 Å². The van der Waals surface area contributed by atoms with Crippen molar-refractivity contribution in [3.8, 4) is 11.5 Å². The maximum Gasteiger partial charge on any atom is 0.161 e. The number of benzene rings is 1. The van der Waals surface area contributed by atoms with Crippen LogP contribution in [0.4, 0.5) is 0 Å². The second kappa shape index (κ2) is 6.29. The Morgan fingerprint density at radius 3 is 2.79 bits per heavy atom. The molecule has 1 N–H and O–H groups in total. The van der Waals surface area contributed by atoms with Crippen LogP contribution in [0.25, 0.3) is 0 Å². The van der Waals surface area contributed by atoms with Crippen LogP contribution < -0.4 is 14.8 Å². The molecule has 0 saturated heterocycles. The van der Waals surface area contributed by atoms with Crippen LogP contribution in [0.5, 0.6) is 11.5 Å². The Balaban J connectivity index is 2.01. The first-order valence-corrected chi connectivity index (χ1v) is 6.21. The van der Waals surface area contributed by atoms with Gasteiger partial charge >= 0.3 is 0 Å². The highest BCUT2D eigenvalue weighted by Gasteiger charge is 2.07. The van der Waals surface area contributed by atoms with Crippen molar-refractivity contribution in [1.29, 1.82) is 0 Å². The molecule has 0 radical (unpaired) electrons. The number of aryl methyl sites for hydroxylation is 1. The van der Waals surface area contributed by atoms with Crippen molar-refractivity contribution >= 4 is 0 Å². The van der Waals surface area contributed by atoms with Crippen LogP contribution in [-0.2, 0) is 13.2 Å². The van der Waals surface area contributed by atoms with Gasteiger partial charge in [-0.15, -0.1) is 0 Å². The summed E-state index contributed by atoms with van der Waals surface area (Å²) in [6.07, 6.45) is 1.74. The van der Waals surface area contributed by atoms with E-state index in [2.05, 4.69) is 5.32 Å². The number of ether oxygens (including phenoxy) is 2. The highest BCUT2D eigenvalue weighted by molar-refractivity contribution is 5.42. The molecule has 1 heterocycles. The van der Waals surface area contributed by atoms with Gasteiger partial charge in [0.1, 0.15) is 12.4 Å². The third-order valence-corrected chi connectivity index (χ3v) is 2.78. The van der Waals surface area contributed by atoms with Gasteiger partial charge in [-0.3, -0.25) is 0 Å². The molecule has 0 aliphatic rings. The molecule has 4 heteroatoms. The standard InChI is InChI=1S/C15H19NO3/c1-11-4-5-14(15(6-11)17-3)19-10-13-7-12(8-16-2)9-18-13/h4-7,9,16H,8,10H2,1-3H3. The molecule has 0 spiro atoms. The lowest BCUT2D eigenvalue weighted by Crippen LogP contribution is -2.03. The summed E-state index contributed by atoms with van der Waals surface area (Å²) in [5.74, 6) is 2.26. The second-order valence-electron chi connectivity index (χ2n) is 4.39. The summed E-state index contributed by atoms with van der Waals surface area (Å²) in [7, 11) is 3.54. The lowest BCUT2D eigenvalue weighted by Gasteiger charge is -2.10. The summed E-state index contributed by atoms with van der Waals surface area (Å²) >= 11 is 0. The van der Waals surface area contributed by atoms with Gasteiger partial charge in [0, 0.05) is 12.1 Å². The van der Waals surface area contributed by atoms with Gasteiger partial charge in [-0.2, -0.15) is 0 Å². The van der Waals surface area contributed by atoms with Crippen molar-refractivity contribution in [2.45, 2.75) is 20.1 Å². The highest BCUT2D eigenvalue weighted by Crippen LogP contribution is 2.28. The molecule has 19 heavy (non-hydrogen) atoms. The van der Waals surface area contributed by atoms with Crippen molar-refractivity contribution in [2.24, 2.45) is 0 Å². The Kier molecular flexibility index (Phi) is 4.47. The monoisotopic (exact) mass is 261 g/mol. The number of hydrogen-bond donors (Lipinski definition) is 1. The van der Waals surface area contributed by atoms with Crippen molar-refractivity contribution < 1.29 is 13.9 Å². The van der Waals surface area contributed by atoms with Gasteiger partial charge in [0.2, 0.25) is 0 Å². The van der Waals surface area contributed by atoms with E-state index in [1.54, 1.807) is 13.4 Å². The number of rotatable bonds is 6. The molecular weight excluding hydrogens is 242 g/mol. The van der Waals surface area contributed by atoms with Crippen molar-refractivity contribution in [1.82, 2.24) is 5.32 Å². The van der Waals surface area contributed by atoms with Gasteiger partial charge in [0.15, 0.2) is 11.5 Å². The molecule has 2 aromatic rings. The quantitative estimate of drug-likeness (QED) is 0.868. The third-order valence-electron chi connectivity index (χ3n) is 2.78. The minimum atomic E-state index is 0.392. The largest absolute Gasteiger partial charge is 0.493 e. The molecule has 0 unspecified atom stereocenters. The van der Waals surface area contributed by atoms with E-state index in [-0.39, 0.29) is 0 Å². The fraction of sp³-hybridized carbons (Fsp3) is 0.333. The first-order chi connectivity index (χ1) is 9.22. The Morgan fingerprint density at radius 2 is 2.05 bits per heavy atom. The Hall–Kier alpha value is -1.94. The van der Waals surface area contributed by atoms with E-state index >= 15 is 0 Å². The molecule has 0 saturated carbocycles. The normalized spacial score (nSPS) is 10.5. The predicted octanol–water partition coefficient (Wildman–Crippen LogP) is 2.90. The van der Waals surface area contributed by atoms with Crippen LogP contribution in [0.3, 0.4) is 0 Å². The average Bonchev–Trinajstić information content (AvgIpc) is 2.85. The summed E-state index contributed by atoms with van der Waals surface area (Å²) in [6, 6.07) is 7.83. The zero-order chi connectivity index (χ0) is 13.7. The van der Waals surface area contributed by atoms with Crippen LogP contribution in [0, 0.1) is 6.92 Å². The van der Waals surface area contributed by atoms with E-state index in [4.69, 9.17) is 13.9 Å². The number of nitrogens with one attached hydrogen (secondary N) is 1.